The van der Waals surface area contributed by atoms with Crippen LogP contribution in [0.3, 0.4) is 0 Å². The number of aromatic nitrogens is 3. The van der Waals surface area contributed by atoms with Gasteiger partial charge in [0.1, 0.15) is 12.4 Å². The topological polar surface area (TPSA) is 42.7 Å². The second-order valence-corrected chi connectivity index (χ2v) is 5.96. The Labute approximate surface area is 135 Å². The number of allylic oxidation sites excluding steroid dienone is 1. The van der Waals surface area contributed by atoms with E-state index in [4.69, 9.17) is 0 Å². The van der Waals surface area contributed by atoms with Gasteiger partial charge in [-0.05, 0) is 31.1 Å². The van der Waals surface area contributed by atoms with Gasteiger partial charge in [-0.25, -0.2) is 4.68 Å². The number of nitrogens with one attached hydrogen (secondary N) is 1. The van der Waals surface area contributed by atoms with Crippen LogP contribution in [0.2, 0.25) is 0 Å². The molecular weight excluding hydrogens is 284 g/mol. The minimum Gasteiger partial charge on any atom is -0.324 e. The lowest BCUT2D eigenvalue weighted by Crippen LogP contribution is -2.20. The van der Waals surface area contributed by atoms with E-state index in [-0.39, 0.29) is 6.04 Å². The number of aryl methyl sites for hydroxylation is 2. The molecule has 23 heavy (non-hydrogen) atoms. The summed E-state index contributed by atoms with van der Waals surface area (Å²) in [5.74, 6) is 0.773. The second kappa shape index (κ2) is 5.39. The standard InChI is InChI=1S/C19H18N4/c1-13-6-8-15(9-7-13)17-11-18(16-5-3-4-14(2)10-16)23-19(22-17)20-12-21-23/h3-12,18H,1-2H3,(H,20,21,22). The molecular formula is C19H18N4. The summed E-state index contributed by atoms with van der Waals surface area (Å²) in [5, 5.41) is 7.76. The zero-order chi connectivity index (χ0) is 15.8. The largest absolute Gasteiger partial charge is 0.324 e. The molecule has 0 saturated heterocycles. The van der Waals surface area contributed by atoms with Crippen LogP contribution in [0, 0.1) is 13.8 Å². The first-order valence-corrected chi connectivity index (χ1v) is 7.73. The Morgan fingerprint density at radius 3 is 2.61 bits per heavy atom. The van der Waals surface area contributed by atoms with Gasteiger partial charge in [-0.15, -0.1) is 0 Å². The third kappa shape index (κ3) is 2.52. The van der Waals surface area contributed by atoms with Crippen molar-refractivity contribution in [1.29, 1.82) is 0 Å². The van der Waals surface area contributed by atoms with Crippen LogP contribution >= 0.6 is 0 Å². The first kappa shape index (κ1) is 13.8. The fraction of sp³-hybridized carbons (Fsp3) is 0.158. The maximum Gasteiger partial charge on any atom is 0.226 e. The molecule has 2 aromatic carbocycles. The second-order valence-electron chi connectivity index (χ2n) is 5.96. The van der Waals surface area contributed by atoms with Crippen LogP contribution in [0.5, 0.6) is 0 Å². The number of fused-ring (bicyclic) bond motifs is 1. The van der Waals surface area contributed by atoms with Gasteiger partial charge in [-0.3, -0.25) is 0 Å². The number of nitrogens with zero attached hydrogens (tertiary/aromatic N) is 3. The molecule has 0 amide bonds. The molecule has 1 unspecified atom stereocenters. The first-order chi connectivity index (χ1) is 11.2. The highest BCUT2D eigenvalue weighted by Gasteiger charge is 2.23. The summed E-state index contributed by atoms with van der Waals surface area (Å²) in [6.45, 7) is 4.20. The van der Waals surface area contributed by atoms with E-state index in [0.717, 1.165) is 17.2 Å². The highest BCUT2D eigenvalue weighted by atomic mass is 15.4. The predicted molar refractivity (Wildman–Crippen MR) is 92.1 cm³/mol. The minimum absolute atomic E-state index is 0.0463. The molecule has 0 saturated carbocycles. The van der Waals surface area contributed by atoms with Crippen LogP contribution in [0.1, 0.15) is 28.3 Å². The summed E-state index contributed by atoms with van der Waals surface area (Å²) in [6.07, 6.45) is 3.80. The Hall–Kier alpha value is -2.88. The molecule has 0 fully saturated rings. The van der Waals surface area contributed by atoms with E-state index in [1.165, 1.54) is 16.7 Å². The highest BCUT2D eigenvalue weighted by Crippen LogP contribution is 2.32. The molecule has 1 aromatic heterocycles. The van der Waals surface area contributed by atoms with Crippen molar-refractivity contribution in [2.75, 3.05) is 5.32 Å². The van der Waals surface area contributed by atoms with E-state index in [1.807, 2.05) is 4.68 Å². The van der Waals surface area contributed by atoms with Crippen LogP contribution in [0.4, 0.5) is 5.95 Å². The molecule has 1 atom stereocenters. The molecule has 0 radical (unpaired) electrons. The summed E-state index contributed by atoms with van der Waals surface area (Å²) in [4.78, 5) is 4.35. The monoisotopic (exact) mass is 302 g/mol. The summed E-state index contributed by atoms with van der Waals surface area (Å²) in [5.41, 5.74) is 5.93. The first-order valence-electron chi connectivity index (χ1n) is 7.73. The van der Waals surface area contributed by atoms with Gasteiger partial charge in [0.25, 0.3) is 0 Å². The lowest BCUT2D eigenvalue weighted by molar-refractivity contribution is 0.611. The number of benzene rings is 2. The molecule has 1 aliphatic heterocycles. The zero-order valence-electron chi connectivity index (χ0n) is 13.2. The van der Waals surface area contributed by atoms with E-state index in [0.29, 0.717) is 0 Å². The van der Waals surface area contributed by atoms with Crippen molar-refractivity contribution in [3.05, 3.63) is 83.2 Å². The SMILES string of the molecule is Cc1ccc(C2=CC(c3cccc(C)c3)n3ncnc3N2)cc1. The van der Waals surface area contributed by atoms with Crippen molar-refractivity contribution in [2.24, 2.45) is 0 Å². The molecule has 114 valence electrons. The zero-order valence-corrected chi connectivity index (χ0v) is 13.2. The Kier molecular flexibility index (Phi) is 3.23. The summed E-state index contributed by atoms with van der Waals surface area (Å²) in [6, 6.07) is 17.1. The molecule has 4 rings (SSSR count). The minimum atomic E-state index is 0.0463. The highest BCUT2D eigenvalue weighted by molar-refractivity contribution is 5.77. The molecule has 4 nitrogen and oxygen atoms in total. The van der Waals surface area contributed by atoms with Crippen molar-refractivity contribution in [2.45, 2.75) is 19.9 Å². The van der Waals surface area contributed by atoms with Crippen molar-refractivity contribution in [1.82, 2.24) is 14.8 Å². The summed E-state index contributed by atoms with van der Waals surface area (Å²) in [7, 11) is 0. The van der Waals surface area contributed by atoms with E-state index in [9.17, 15) is 0 Å². The van der Waals surface area contributed by atoms with Gasteiger partial charge in [0.2, 0.25) is 5.95 Å². The molecule has 3 aromatic rings. The van der Waals surface area contributed by atoms with E-state index >= 15 is 0 Å². The third-order valence-corrected chi connectivity index (χ3v) is 4.15. The smallest absolute Gasteiger partial charge is 0.226 e. The fourth-order valence-electron chi connectivity index (χ4n) is 2.93. The lowest BCUT2D eigenvalue weighted by atomic mass is 10.00. The molecule has 1 aliphatic rings. The Morgan fingerprint density at radius 1 is 1.00 bits per heavy atom. The maximum absolute atomic E-state index is 4.38. The van der Waals surface area contributed by atoms with Crippen LogP contribution in [0.15, 0.2) is 60.9 Å². The summed E-state index contributed by atoms with van der Waals surface area (Å²) < 4.78 is 1.92. The normalized spacial score (nSPS) is 16.4. The van der Waals surface area contributed by atoms with Crippen LogP contribution < -0.4 is 5.32 Å². The number of hydrogen-bond acceptors (Lipinski definition) is 3. The van der Waals surface area contributed by atoms with Gasteiger partial charge in [0, 0.05) is 5.70 Å². The quantitative estimate of drug-likeness (QED) is 0.779. The van der Waals surface area contributed by atoms with Crippen molar-refractivity contribution < 1.29 is 0 Å². The van der Waals surface area contributed by atoms with Gasteiger partial charge in [-0.2, -0.15) is 10.1 Å². The Balaban J connectivity index is 1.81. The lowest BCUT2D eigenvalue weighted by Gasteiger charge is -2.24. The van der Waals surface area contributed by atoms with Gasteiger partial charge in [-0.1, -0.05) is 59.7 Å². The number of rotatable bonds is 2. The Bertz CT molecular complexity index is 874. The summed E-state index contributed by atoms with van der Waals surface area (Å²) >= 11 is 0. The van der Waals surface area contributed by atoms with E-state index in [2.05, 4.69) is 83.9 Å². The molecule has 0 aliphatic carbocycles. The molecule has 2 heterocycles. The predicted octanol–water partition coefficient (Wildman–Crippen LogP) is 3.95. The molecule has 0 bridgehead atoms. The fourth-order valence-corrected chi connectivity index (χ4v) is 2.93. The molecule has 0 spiro atoms. The van der Waals surface area contributed by atoms with Crippen molar-refractivity contribution >= 4 is 11.6 Å². The van der Waals surface area contributed by atoms with E-state index in [1.54, 1.807) is 6.33 Å². The van der Waals surface area contributed by atoms with Crippen LogP contribution in [0.25, 0.3) is 5.70 Å². The molecule has 1 N–H and O–H groups in total. The number of anilines is 1. The number of hydrogen-bond donors (Lipinski definition) is 1. The van der Waals surface area contributed by atoms with Gasteiger partial charge in [0.15, 0.2) is 0 Å². The Morgan fingerprint density at radius 2 is 1.83 bits per heavy atom. The van der Waals surface area contributed by atoms with Crippen molar-refractivity contribution in [3.63, 3.8) is 0 Å². The van der Waals surface area contributed by atoms with Gasteiger partial charge < -0.3 is 5.32 Å². The maximum atomic E-state index is 4.38. The molecule has 4 heteroatoms. The van der Waals surface area contributed by atoms with Crippen LogP contribution in [-0.4, -0.2) is 14.8 Å². The third-order valence-electron chi connectivity index (χ3n) is 4.15. The van der Waals surface area contributed by atoms with E-state index < -0.39 is 0 Å². The van der Waals surface area contributed by atoms with Crippen molar-refractivity contribution in [3.8, 4) is 0 Å². The van der Waals surface area contributed by atoms with Gasteiger partial charge >= 0.3 is 0 Å². The van der Waals surface area contributed by atoms with Gasteiger partial charge in [0.05, 0.1) is 0 Å². The van der Waals surface area contributed by atoms with Crippen LogP contribution in [-0.2, 0) is 0 Å². The average molecular weight is 302 g/mol. The average Bonchev–Trinajstić information content (AvgIpc) is 3.03.